The van der Waals surface area contributed by atoms with Crippen LogP contribution in [-0.4, -0.2) is 12.6 Å². The van der Waals surface area contributed by atoms with Crippen LogP contribution in [0, 0.1) is 13.8 Å². The lowest BCUT2D eigenvalue weighted by atomic mass is 10.0. The Labute approximate surface area is 185 Å². The highest BCUT2D eigenvalue weighted by atomic mass is 17.2. The maximum Gasteiger partial charge on any atom is 0.373 e. The van der Waals surface area contributed by atoms with Gasteiger partial charge < -0.3 is 0 Å². The van der Waals surface area contributed by atoms with E-state index in [1.54, 1.807) is 6.07 Å². The predicted molar refractivity (Wildman–Crippen MR) is 127 cm³/mol. The minimum absolute atomic E-state index is 0.399. The van der Waals surface area contributed by atoms with Crippen LogP contribution in [0.25, 0.3) is 0 Å². The molecule has 0 N–H and O–H groups in total. The molecule has 0 fully saturated rings. The Morgan fingerprint density at radius 2 is 1.17 bits per heavy atom. The van der Waals surface area contributed by atoms with Gasteiger partial charge >= 0.3 is 5.97 Å². The minimum Gasteiger partial charge on any atom is -0.293 e. The highest BCUT2D eigenvalue weighted by Gasteiger charge is 2.11. The molecule has 0 aliphatic rings. The fourth-order valence-corrected chi connectivity index (χ4v) is 3.89. The molecule has 172 valence electrons. The van der Waals surface area contributed by atoms with Crippen LogP contribution in [0.15, 0.2) is 18.2 Å². The van der Waals surface area contributed by atoms with Gasteiger partial charge in [0, 0.05) is 0 Å². The number of hydrogen-bond acceptors (Lipinski definition) is 3. The van der Waals surface area contributed by atoms with Gasteiger partial charge in [-0.25, -0.2) is 4.79 Å². The van der Waals surface area contributed by atoms with Crippen LogP contribution >= 0.6 is 0 Å². The fourth-order valence-electron chi connectivity index (χ4n) is 3.89. The molecule has 0 aliphatic carbocycles. The van der Waals surface area contributed by atoms with E-state index in [9.17, 15) is 4.79 Å². The number of carbonyl (C=O) groups is 1. The smallest absolute Gasteiger partial charge is 0.293 e. The standard InChI is InChI=1S/C27H46O3/c1-4-5-6-7-8-9-10-11-12-13-14-15-16-17-18-19-22-29-30-27(28)26-21-20-24(2)23-25(26)3/h20-21,23H,4-19,22H2,1-3H3. The quantitative estimate of drug-likeness (QED) is 0.128. The second-order valence-electron chi connectivity index (χ2n) is 8.81. The van der Waals surface area contributed by atoms with E-state index in [-0.39, 0.29) is 0 Å². The van der Waals surface area contributed by atoms with Crippen molar-refractivity contribution in [1.82, 2.24) is 0 Å². The summed E-state index contributed by atoms with van der Waals surface area (Å²) in [4.78, 5) is 22.0. The van der Waals surface area contributed by atoms with E-state index in [1.165, 1.54) is 89.9 Å². The molecule has 0 heterocycles. The van der Waals surface area contributed by atoms with Gasteiger partial charge in [0.15, 0.2) is 0 Å². The lowest BCUT2D eigenvalue weighted by molar-refractivity contribution is -0.241. The van der Waals surface area contributed by atoms with Gasteiger partial charge in [-0.2, -0.15) is 4.89 Å². The molecule has 30 heavy (non-hydrogen) atoms. The van der Waals surface area contributed by atoms with Gasteiger partial charge in [0.2, 0.25) is 0 Å². The molecule has 0 saturated heterocycles. The van der Waals surface area contributed by atoms with Crippen molar-refractivity contribution in [3.63, 3.8) is 0 Å². The van der Waals surface area contributed by atoms with Gasteiger partial charge in [-0.1, -0.05) is 121 Å². The van der Waals surface area contributed by atoms with E-state index in [2.05, 4.69) is 6.92 Å². The summed E-state index contributed by atoms with van der Waals surface area (Å²) < 4.78 is 0. The van der Waals surface area contributed by atoms with E-state index in [4.69, 9.17) is 9.78 Å². The zero-order valence-electron chi connectivity index (χ0n) is 20.0. The van der Waals surface area contributed by atoms with Crippen LogP contribution in [0.3, 0.4) is 0 Å². The summed E-state index contributed by atoms with van der Waals surface area (Å²) in [5.41, 5.74) is 2.64. The van der Waals surface area contributed by atoms with Crippen LogP contribution < -0.4 is 0 Å². The highest BCUT2D eigenvalue weighted by molar-refractivity contribution is 5.90. The van der Waals surface area contributed by atoms with Gasteiger partial charge in [0.1, 0.15) is 0 Å². The third-order valence-electron chi connectivity index (χ3n) is 5.82. The molecule has 0 radical (unpaired) electrons. The van der Waals surface area contributed by atoms with Crippen molar-refractivity contribution in [2.24, 2.45) is 0 Å². The predicted octanol–water partition coefficient (Wildman–Crippen LogP) is 8.65. The average molecular weight is 419 g/mol. The second kappa shape index (κ2) is 18.4. The third kappa shape index (κ3) is 13.8. The van der Waals surface area contributed by atoms with Crippen molar-refractivity contribution in [1.29, 1.82) is 0 Å². The minimum atomic E-state index is -0.399. The average Bonchev–Trinajstić information content (AvgIpc) is 2.72. The lowest BCUT2D eigenvalue weighted by Crippen LogP contribution is -2.08. The Morgan fingerprint density at radius 3 is 1.63 bits per heavy atom. The fraction of sp³-hybridized carbons (Fsp3) is 0.741. The van der Waals surface area contributed by atoms with Crippen molar-refractivity contribution >= 4 is 5.97 Å². The molecule has 0 atom stereocenters. The number of rotatable bonds is 19. The van der Waals surface area contributed by atoms with Crippen molar-refractivity contribution in [2.45, 2.75) is 124 Å². The zero-order valence-corrected chi connectivity index (χ0v) is 20.0. The second-order valence-corrected chi connectivity index (χ2v) is 8.81. The van der Waals surface area contributed by atoms with Crippen LogP contribution in [0.1, 0.15) is 131 Å². The van der Waals surface area contributed by atoms with E-state index in [0.29, 0.717) is 12.2 Å². The first-order valence-corrected chi connectivity index (χ1v) is 12.6. The molecule has 1 rings (SSSR count). The van der Waals surface area contributed by atoms with Crippen molar-refractivity contribution < 1.29 is 14.6 Å². The summed E-state index contributed by atoms with van der Waals surface area (Å²) in [6, 6.07) is 5.69. The summed E-state index contributed by atoms with van der Waals surface area (Å²) in [5.74, 6) is -0.399. The maximum absolute atomic E-state index is 12.0. The molecule has 0 bridgehead atoms. The first kappa shape index (κ1) is 26.7. The number of benzene rings is 1. The Bertz CT molecular complexity index is 553. The molecule has 3 nitrogen and oxygen atoms in total. The molecule has 0 amide bonds. The van der Waals surface area contributed by atoms with Gasteiger partial charge in [0.05, 0.1) is 12.2 Å². The molecule has 0 spiro atoms. The topological polar surface area (TPSA) is 35.5 Å². The van der Waals surface area contributed by atoms with Crippen LogP contribution in [0.4, 0.5) is 0 Å². The molecule has 1 aromatic carbocycles. The molecule has 3 heteroatoms. The molecule has 0 aliphatic heterocycles. The summed E-state index contributed by atoms with van der Waals surface area (Å²) in [7, 11) is 0. The van der Waals surface area contributed by atoms with Gasteiger partial charge in [-0.3, -0.25) is 4.89 Å². The first-order chi connectivity index (χ1) is 14.6. The third-order valence-corrected chi connectivity index (χ3v) is 5.82. The number of aryl methyl sites for hydroxylation is 2. The molecule has 1 aromatic rings. The SMILES string of the molecule is CCCCCCCCCCCCCCCCCCOOC(=O)c1ccc(C)cc1C. The Morgan fingerprint density at radius 1 is 0.700 bits per heavy atom. The monoisotopic (exact) mass is 418 g/mol. The molecular formula is C27H46O3. The number of hydrogen-bond donors (Lipinski definition) is 0. The van der Waals surface area contributed by atoms with Crippen LogP contribution in [0.5, 0.6) is 0 Å². The Kier molecular flexibility index (Phi) is 16.4. The summed E-state index contributed by atoms with van der Waals surface area (Å²) in [6.45, 7) is 6.69. The number of unbranched alkanes of at least 4 members (excludes halogenated alkanes) is 15. The molecular weight excluding hydrogens is 372 g/mol. The Balaban J connectivity index is 1.82. The van der Waals surface area contributed by atoms with Crippen molar-refractivity contribution in [3.05, 3.63) is 34.9 Å². The Hall–Kier alpha value is -1.35. The van der Waals surface area contributed by atoms with E-state index >= 15 is 0 Å². The molecule has 0 aromatic heterocycles. The lowest BCUT2D eigenvalue weighted by Gasteiger charge is -2.07. The summed E-state index contributed by atoms with van der Waals surface area (Å²) in [5, 5.41) is 0. The highest BCUT2D eigenvalue weighted by Crippen LogP contribution is 2.14. The van der Waals surface area contributed by atoms with Gasteiger partial charge in [0.25, 0.3) is 0 Å². The zero-order chi connectivity index (χ0) is 21.9. The van der Waals surface area contributed by atoms with Crippen molar-refractivity contribution in [2.75, 3.05) is 6.61 Å². The first-order valence-electron chi connectivity index (χ1n) is 12.6. The summed E-state index contributed by atoms with van der Waals surface area (Å²) in [6.07, 6.45) is 21.5. The molecule has 0 saturated carbocycles. The van der Waals surface area contributed by atoms with E-state index < -0.39 is 5.97 Å². The van der Waals surface area contributed by atoms with Crippen molar-refractivity contribution in [3.8, 4) is 0 Å². The van der Waals surface area contributed by atoms with Crippen LogP contribution in [0.2, 0.25) is 0 Å². The maximum atomic E-state index is 12.0. The van der Waals surface area contributed by atoms with Gasteiger partial charge in [-0.15, -0.1) is 0 Å². The van der Waals surface area contributed by atoms with E-state index in [0.717, 1.165) is 24.0 Å². The summed E-state index contributed by atoms with van der Waals surface area (Å²) >= 11 is 0. The number of carbonyl (C=O) groups excluding carboxylic acids is 1. The van der Waals surface area contributed by atoms with Crippen LogP contribution in [-0.2, 0) is 9.78 Å². The van der Waals surface area contributed by atoms with Gasteiger partial charge in [-0.05, 0) is 31.9 Å². The molecule has 0 unspecified atom stereocenters. The largest absolute Gasteiger partial charge is 0.373 e. The normalized spacial score (nSPS) is 11.0. The van der Waals surface area contributed by atoms with E-state index in [1.807, 2.05) is 26.0 Å².